The molecule has 1 aliphatic heterocycles. The van der Waals surface area contributed by atoms with Crippen LogP contribution in [0.15, 0.2) is 133 Å². The van der Waals surface area contributed by atoms with E-state index in [0.29, 0.717) is 11.5 Å². The number of benzene rings is 4. The Kier molecular flexibility index (Phi) is 10.1. The molecule has 1 aliphatic rings. The molecule has 4 aromatic carbocycles. The molecular weight excluding hydrogens is 621 g/mol. The highest BCUT2D eigenvalue weighted by atomic mass is 32.2. The maximum absolute atomic E-state index is 14.9. The summed E-state index contributed by atoms with van der Waals surface area (Å²) >= 11 is 1.63. The van der Waals surface area contributed by atoms with Gasteiger partial charge in [0.15, 0.2) is 0 Å². The number of hydrogen-bond donors (Lipinski definition) is 2. The molecule has 2 heterocycles. The Hall–Kier alpha value is -4.03. The van der Waals surface area contributed by atoms with Gasteiger partial charge in [0, 0.05) is 18.0 Å². The molecular formula is C36H36N2O6S2. The van der Waals surface area contributed by atoms with Crippen molar-refractivity contribution in [3.63, 3.8) is 0 Å². The molecule has 0 spiro atoms. The Labute approximate surface area is 273 Å². The number of para-hydroxylation sites is 2. The lowest BCUT2D eigenvalue weighted by molar-refractivity contribution is -0.0565. The third kappa shape index (κ3) is 7.33. The molecule has 0 bridgehead atoms. The van der Waals surface area contributed by atoms with Crippen LogP contribution in [0.5, 0.6) is 11.5 Å². The van der Waals surface area contributed by atoms with Crippen LogP contribution in [0.1, 0.15) is 11.1 Å². The smallest absolute Gasteiger partial charge is 0.283 e. The topological polar surface area (TPSA) is 99.5 Å². The van der Waals surface area contributed by atoms with Gasteiger partial charge in [-0.05, 0) is 52.4 Å². The molecule has 4 atom stereocenters. The minimum Gasteiger partial charge on any atom is -0.492 e. The van der Waals surface area contributed by atoms with Crippen molar-refractivity contribution in [2.24, 2.45) is 0 Å². The van der Waals surface area contributed by atoms with Gasteiger partial charge in [-0.1, -0.05) is 97.1 Å². The fraction of sp³-hybridized carbons (Fsp3) is 0.222. The monoisotopic (exact) mass is 656 g/mol. The Bertz CT molecular complexity index is 1760. The molecule has 6 rings (SSSR count). The average molecular weight is 657 g/mol. The lowest BCUT2D eigenvalue weighted by atomic mass is 9.99. The minimum absolute atomic E-state index is 0.0319. The van der Waals surface area contributed by atoms with E-state index in [9.17, 15) is 18.6 Å². The van der Waals surface area contributed by atoms with Crippen LogP contribution >= 0.6 is 11.3 Å². The lowest BCUT2D eigenvalue weighted by Crippen LogP contribution is -2.52. The summed E-state index contributed by atoms with van der Waals surface area (Å²) in [4.78, 5) is 1.11. The first-order valence-electron chi connectivity index (χ1n) is 15.1. The number of nitrogens with zero attached hydrogens (tertiary/aromatic N) is 2. The zero-order valence-corrected chi connectivity index (χ0v) is 26.7. The van der Waals surface area contributed by atoms with Crippen LogP contribution in [0, 0.1) is 0 Å². The van der Waals surface area contributed by atoms with E-state index in [1.165, 1.54) is 8.61 Å². The fourth-order valence-corrected chi connectivity index (χ4v) is 8.27. The van der Waals surface area contributed by atoms with Crippen LogP contribution in [-0.4, -0.2) is 64.7 Å². The zero-order valence-electron chi connectivity index (χ0n) is 25.1. The number of rotatable bonds is 11. The predicted molar refractivity (Wildman–Crippen MR) is 180 cm³/mol. The Morgan fingerprint density at radius 3 is 1.50 bits per heavy atom. The van der Waals surface area contributed by atoms with Gasteiger partial charge >= 0.3 is 0 Å². The van der Waals surface area contributed by atoms with Crippen LogP contribution < -0.4 is 9.47 Å². The van der Waals surface area contributed by atoms with Gasteiger partial charge in [0.1, 0.15) is 36.9 Å². The molecule has 0 unspecified atom stereocenters. The van der Waals surface area contributed by atoms with Crippen molar-refractivity contribution in [3.8, 4) is 21.9 Å². The summed E-state index contributed by atoms with van der Waals surface area (Å²) in [6.45, 7) is -0.433. The minimum atomic E-state index is -4.33. The van der Waals surface area contributed by atoms with Gasteiger partial charge in [-0.3, -0.25) is 0 Å². The van der Waals surface area contributed by atoms with Crippen LogP contribution in [0.4, 0.5) is 0 Å². The molecule has 1 aromatic heterocycles. The van der Waals surface area contributed by atoms with Gasteiger partial charge in [0.2, 0.25) is 0 Å². The van der Waals surface area contributed by atoms with Crippen LogP contribution in [0.25, 0.3) is 10.4 Å². The first-order valence-corrected chi connectivity index (χ1v) is 17.3. The molecule has 0 saturated carbocycles. The van der Waals surface area contributed by atoms with E-state index in [1.54, 1.807) is 35.6 Å². The van der Waals surface area contributed by atoms with Crippen molar-refractivity contribution in [3.05, 3.63) is 144 Å². The van der Waals surface area contributed by atoms with Crippen molar-refractivity contribution < 1.29 is 28.1 Å². The lowest BCUT2D eigenvalue weighted by Gasteiger charge is -2.34. The summed E-state index contributed by atoms with van der Waals surface area (Å²) in [5.74, 6) is 1.05. The number of aliphatic hydroxyl groups is 2. The van der Waals surface area contributed by atoms with E-state index in [-0.39, 0.29) is 26.3 Å². The number of hydrogen-bond acceptors (Lipinski definition) is 7. The summed E-state index contributed by atoms with van der Waals surface area (Å²) < 4.78 is 44.3. The third-order valence-corrected chi connectivity index (χ3v) is 11.0. The van der Waals surface area contributed by atoms with Gasteiger partial charge in [-0.25, -0.2) is 0 Å². The summed E-state index contributed by atoms with van der Waals surface area (Å²) in [7, 11) is -4.33. The Morgan fingerprint density at radius 1 is 0.587 bits per heavy atom. The molecule has 0 radical (unpaired) electrons. The van der Waals surface area contributed by atoms with E-state index >= 15 is 0 Å². The summed E-state index contributed by atoms with van der Waals surface area (Å²) in [5.41, 5.74) is 2.49. The molecule has 0 aliphatic carbocycles. The Morgan fingerprint density at radius 2 is 1.04 bits per heavy atom. The second kappa shape index (κ2) is 14.6. The van der Waals surface area contributed by atoms with E-state index in [4.69, 9.17) is 9.47 Å². The first kappa shape index (κ1) is 31.9. The first-order chi connectivity index (χ1) is 22.4. The maximum Gasteiger partial charge on any atom is 0.283 e. The molecule has 8 nitrogen and oxygen atoms in total. The second-order valence-electron chi connectivity index (χ2n) is 11.1. The summed E-state index contributed by atoms with van der Waals surface area (Å²) in [6, 6.07) is 36.7. The van der Waals surface area contributed by atoms with Crippen LogP contribution in [-0.2, 0) is 23.3 Å². The van der Waals surface area contributed by atoms with Crippen molar-refractivity contribution in [1.82, 2.24) is 8.61 Å². The van der Waals surface area contributed by atoms with Gasteiger partial charge in [-0.15, -0.1) is 11.3 Å². The molecule has 2 N–H and O–H groups in total. The zero-order chi connectivity index (χ0) is 31.9. The van der Waals surface area contributed by atoms with Crippen molar-refractivity contribution >= 4 is 21.5 Å². The fourth-order valence-electron chi connectivity index (χ4n) is 5.59. The normalized spacial score (nSPS) is 21.8. The molecule has 0 amide bonds. The molecule has 1 fully saturated rings. The van der Waals surface area contributed by atoms with E-state index in [2.05, 4.69) is 0 Å². The summed E-state index contributed by atoms with van der Waals surface area (Å²) in [6.07, 6.45) is -2.98. The maximum atomic E-state index is 14.9. The van der Waals surface area contributed by atoms with E-state index in [0.717, 1.165) is 21.6 Å². The largest absolute Gasteiger partial charge is 0.492 e. The standard InChI is InChI=1S/C36H36N2O6S2/c39-35-32(25-43-30-13-6-2-7-14-30)37(23-27-11-4-1-5-12-27)46(41,42)38(33(36(35)40)26-44-31-15-8-3-9-16-31)24-28-18-20-29(21-19-28)34-17-10-22-45-34/h1-22,32-33,35-36,39-40H,23-26H2/t32-,33-,35+,36+/m0/s1. The number of thiophene rings is 1. The van der Waals surface area contributed by atoms with Crippen molar-refractivity contribution in [2.45, 2.75) is 37.4 Å². The van der Waals surface area contributed by atoms with Gasteiger partial charge in [-0.2, -0.15) is 17.0 Å². The van der Waals surface area contributed by atoms with E-state index < -0.39 is 34.5 Å². The van der Waals surface area contributed by atoms with Gasteiger partial charge < -0.3 is 19.7 Å². The highest BCUT2D eigenvalue weighted by Gasteiger charge is 2.51. The van der Waals surface area contributed by atoms with Gasteiger partial charge in [0.25, 0.3) is 10.2 Å². The highest BCUT2D eigenvalue weighted by molar-refractivity contribution is 7.86. The van der Waals surface area contributed by atoms with E-state index in [1.807, 2.05) is 109 Å². The van der Waals surface area contributed by atoms with Crippen LogP contribution in [0.3, 0.4) is 0 Å². The molecule has 1 saturated heterocycles. The average Bonchev–Trinajstić information content (AvgIpc) is 3.63. The van der Waals surface area contributed by atoms with Crippen molar-refractivity contribution in [1.29, 1.82) is 0 Å². The third-order valence-electron chi connectivity index (χ3n) is 8.08. The molecule has 238 valence electrons. The van der Waals surface area contributed by atoms with Crippen LogP contribution in [0.2, 0.25) is 0 Å². The molecule has 10 heteroatoms. The number of aliphatic hydroxyl groups excluding tert-OH is 2. The number of ether oxygens (including phenoxy) is 2. The second-order valence-corrected chi connectivity index (χ2v) is 13.9. The van der Waals surface area contributed by atoms with Gasteiger partial charge in [0.05, 0.1) is 12.1 Å². The molecule has 46 heavy (non-hydrogen) atoms. The highest BCUT2D eigenvalue weighted by Crippen LogP contribution is 2.32. The SMILES string of the molecule is O=S1(=O)N(Cc2ccccc2)[C@@H](COc2ccccc2)[C@@H](O)[C@H](O)[C@H](COc2ccccc2)N1Cc1ccc(-c2cccs2)cc1. The Balaban J connectivity index is 1.39. The quantitative estimate of drug-likeness (QED) is 0.192. The van der Waals surface area contributed by atoms with Crippen molar-refractivity contribution in [2.75, 3.05) is 13.2 Å². The summed E-state index contributed by atoms with van der Waals surface area (Å²) in [5, 5.41) is 25.5. The predicted octanol–water partition coefficient (Wildman–Crippen LogP) is 5.59. The molecule has 5 aromatic rings.